The Bertz CT molecular complexity index is 577. The Kier molecular flexibility index (Phi) is 2.89. The van der Waals surface area contributed by atoms with E-state index in [0.29, 0.717) is 5.92 Å². The van der Waals surface area contributed by atoms with Crippen LogP contribution in [-0.4, -0.2) is 18.2 Å². The molecule has 1 aliphatic heterocycles. The molecule has 1 atom stereocenters. The average molecular weight is 243 g/mol. The zero-order valence-corrected chi connectivity index (χ0v) is 10.4. The van der Waals surface area contributed by atoms with Gasteiger partial charge in [-0.25, -0.2) is 0 Å². The summed E-state index contributed by atoms with van der Waals surface area (Å²) in [7, 11) is 0. The summed E-state index contributed by atoms with van der Waals surface area (Å²) in [5, 5.41) is 1.12. The normalized spacial score (nSPS) is 19.3. The van der Waals surface area contributed by atoms with E-state index >= 15 is 0 Å². The van der Waals surface area contributed by atoms with E-state index in [1.165, 1.54) is 5.56 Å². The topological polar surface area (TPSA) is 60.2 Å². The number of hydrogen-bond acceptors (Lipinski definition) is 4. The first kappa shape index (κ1) is 11.4. The van der Waals surface area contributed by atoms with Gasteiger partial charge in [-0.1, -0.05) is 11.6 Å². The summed E-state index contributed by atoms with van der Waals surface area (Å²) in [4.78, 5) is 4.75. The number of nitrogens with zero attached hydrogens (tertiary/aromatic N) is 1. The Morgan fingerprint density at radius 2 is 2.28 bits per heavy atom. The zero-order valence-electron chi connectivity index (χ0n) is 10.4. The summed E-state index contributed by atoms with van der Waals surface area (Å²) in [6.07, 6.45) is 1.01. The van der Waals surface area contributed by atoms with E-state index in [-0.39, 0.29) is 0 Å². The highest BCUT2D eigenvalue weighted by Crippen LogP contribution is 2.31. The number of hydrazine groups is 1. The molecular formula is C14H17N3O. The molecule has 1 aromatic carbocycles. The van der Waals surface area contributed by atoms with E-state index in [2.05, 4.69) is 36.6 Å². The molecule has 94 valence electrons. The van der Waals surface area contributed by atoms with Crippen molar-refractivity contribution in [3.63, 3.8) is 0 Å². The van der Waals surface area contributed by atoms with E-state index in [9.17, 15) is 0 Å². The first-order valence-corrected chi connectivity index (χ1v) is 6.23. The molecule has 4 nitrogen and oxygen atoms in total. The molecule has 1 saturated heterocycles. The van der Waals surface area contributed by atoms with Gasteiger partial charge in [-0.15, -0.1) is 0 Å². The van der Waals surface area contributed by atoms with Crippen molar-refractivity contribution in [1.29, 1.82) is 0 Å². The van der Waals surface area contributed by atoms with Crippen LogP contribution in [0.2, 0.25) is 0 Å². The van der Waals surface area contributed by atoms with Crippen LogP contribution in [0.4, 0.5) is 5.69 Å². The number of nitrogen functional groups attached to an aromatic ring is 1. The smallest absolute Gasteiger partial charge is 0.0711 e. The molecule has 4 heteroatoms. The summed E-state index contributed by atoms with van der Waals surface area (Å²) in [6.45, 7) is 3.62. The molecule has 18 heavy (non-hydrogen) atoms. The SMILES string of the molecule is Cc1ccc2nc(C3CCOC3)c(NN)cc2c1. The predicted molar refractivity (Wildman–Crippen MR) is 72.5 cm³/mol. The number of aromatic nitrogens is 1. The molecule has 0 radical (unpaired) electrons. The molecule has 0 aliphatic carbocycles. The van der Waals surface area contributed by atoms with Crippen molar-refractivity contribution in [2.75, 3.05) is 18.6 Å². The van der Waals surface area contributed by atoms with Crippen molar-refractivity contribution in [1.82, 2.24) is 4.98 Å². The van der Waals surface area contributed by atoms with Crippen molar-refractivity contribution in [2.45, 2.75) is 19.3 Å². The molecule has 1 aromatic heterocycles. The Balaban J connectivity index is 2.14. The first-order chi connectivity index (χ1) is 8.78. The summed E-state index contributed by atoms with van der Waals surface area (Å²) in [6, 6.07) is 8.34. The number of ether oxygens (including phenoxy) is 1. The molecule has 1 aliphatic rings. The number of anilines is 1. The van der Waals surface area contributed by atoms with Gasteiger partial charge in [0.05, 0.1) is 23.5 Å². The van der Waals surface area contributed by atoms with E-state index < -0.39 is 0 Å². The third kappa shape index (κ3) is 1.94. The Morgan fingerprint density at radius 3 is 3.00 bits per heavy atom. The number of fused-ring (bicyclic) bond motifs is 1. The number of rotatable bonds is 2. The van der Waals surface area contributed by atoms with Crippen molar-refractivity contribution < 1.29 is 4.74 Å². The van der Waals surface area contributed by atoms with Crippen LogP contribution in [0.25, 0.3) is 10.9 Å². The summed E-state index contributed by atoms with van der Waals surface area (Å²) in [5.74, 6) is 5.97. The van der Waals surface area contributed by atoms with Gasteiger partial charge >= 0.3 is 0 Å². The van der Waals surface area contributed by atoms with E-state index in [4.69, 9.17) is 15.6 Å². The van der Waals surface area contributed by atoms with Crippen molar-refractivity contribution in [3.05, 3.63) is 35.5 Å². The average Bonchev–Trinajstić information content (AvgIpc) is 2.90. The first-order valence-electron chi connectivity index (χ1n) is 6.23. The monoisotopic (exact) mass is 243 g/mol. The lowest BCUT2D eigenvalue weighted by atomic mass is 10.0. The van der Waals surface area contributed by atoms with Crippen molar-refractivity contribution >= 4 is 16.6 Å². The highest BCUT2D eigenvalue weighted by atomic mass is 16.5. The fourth-order valence-corrected chi connectivity index (χ4v) is 2.49. The highest BCUT2D eigenvalue weighted by molar-refractivity contribution is 5.83. The number of aryl methyl sites for hydroxylation is 1. The van der Waals surface area contributed by atoms with Gasteiger partial charge in [-0.3, -0.25) is 10.8 Å². The number of nitrogens with one attached hydrogen (secondary N) is 1. The van der Waals surface area contributed by atoms with Crippen molar-refractivity contribution in [3.8, 4) is 0 Å². The maximum absolute atomic E-state index is 5.62. The van der Waals surface area contributed by atoms with Crippen LogP contribution in [-0.2, 0) is 4.74 Å². The second-order valence-corrected chi connectivity index (χ2v) is 4.82. The zero-order chi connectivity index (χ0) is 12.5. The van der Waals surface area contributed by atoms with E-state index in [1.807, 2.05) is 0 Å². The van der Waals surface area contributed by atoms with Crippen LogP contribution in [0, 0.1) is 6.92 Å². The van der Waals surface area contributed by atoms with Crippen LogP contribution >= 0.6 is 0 Å². The van der Waals surface area contributed by atoms with E-state index in [0.717, 1.165) is 41.9 Å². The van der Waals surface area contributed by atoms with Gasteiger partial charge in [0.15, 0.2) is 0 Å². The van der Waals surface area contributed by atoms with Gasteiger partial charge in [0, 0.05) is 17.9 Å². The molecule has 2 aromatic rings. The van der Waals surface area contributed by atoms with Crippen LogP contribution in [0.5, 0.6) is 0 Å². The summed E-state index contributed by atoms with van der Waals surface area (Å²) >= 11 is 0. The molecule has 1 unspecified atom stereocenters. The minimum atomic E-state index is 0.349. The third-order valence-electron chi connectivity index (χ3n) is 3.47. The minimum absolute atomic E-state index is 0.349. The summed E-state index contributed by atoms with van der Waals surface area (Å²) in [5.41, 5.74) is 6.93. The molecule has 1 fully saturated rings. The predicted octanol–water partition coefficient (Wildman–Crippen LogP) is 2.33. The molecule has 2 heterocycles. The molecule has 0 spiro atoms. The molecule has 0 bridgehead atoms. The lowest BCUT2D eigenvalue weighted by Gasteiger charge is -2.14. The van der Waals surface area contributed by atoms with Gasteiger partial charge in [0.25, 0.3) is 0 Å². The number of nitrogens with two attached hydrogens (primary N) is 1. The fourth-order valence-electron chi connectivity index (χ4n) is 2.49. The van der Waals surface area contributed by atoms with Gasteiger partial charge in [0.2, 0.25) is 0 Å². The lowest BCUT2D eigenvalue weighted by Crippen LogP contribution is -2.13. The Hall–Kier alpha value is -1.65. The molecular weight excluding hydrogens is 226 g/mol. The summed E-state index contributed by atoms with van der Waals surface area (Å²) < 4.78 is 5.43. The molecule has 3 rings (SSSR count). The van der Waals surface area contributed by atoms with Crippen molar-refractivity contribution in [2.24, 2.45) is 5.84 Å². The van der Waals surface area contributed by atoms with Crippen LogP contribution in [0.1, 0.15) is 23.6 Å². The second kappa shape index (κ2) is 4.55. The maximum atomic E-state index is 5.62. The maximum Gasteiger partial charge on any atom is 0.0711 e. The molecule has 0 saturated carbocycles. The number of pyridine rings is 1. The third-order valence-corrected chi connectivity index (χ3v) is 3.47. The highest BCUT2D eigenvalue weighted by Gasteiger charge is 2.22. The standard InChI is InChI=1S/C14H17N3O/c1-9-2-3-12-11(6-9)7-13(17-15)14(16-12)10-4-5-18-8-10/h2-3,6-7,10,17H,4-5,8,15H2,1H3. The second-order valence-electron chi connectivity index (χ2n) is 4.82. The molecule has 3 N–H and O–H groups in total. The minimum Gasteiger partial charge on any atom is -0.381 e. The Labute approximate surface area is 106 Å². The van der Waals surface area contributed by atoms with Gasteiger partial charge in [0.1, 0.15) is 0 Å². The quantitative estimate of drug-likeness (QED) is 0.628. The van der Waals surface area contributed by atoms with E-state index in [1.54, 1.807) is 0 Å². The van der Waals surface area contributed by atoms with Crippen LogP contribution in [0.15, 0.2) is 24.3 Å². The van der Waals surface area contributed by atoms with Gasteiger partial charge in [-0.2, -0.15) is 0 Å². The number of benzene rings is 1. The lowest BCUT2D eigenvalue weighted by molar-refractivity contribution is 0.193. The number of hydrogen-bond donors (Lipinski definition) is 2. The largest absolute Gasteiger partial charge is 0.381 e. The molecule has 0 amide bonds. The Morgan fingerprint density at radius 1 is 1.39 bits per heavy atom. The van der Waals surface area contributed by atoms with Crippen LogP contribution in [0.3, 0.4) is 0 Å². The fraction of sp³-hybridized carbons (Fsp3) is 0.357. The van der Waals surface area contributed by atoms with Gasteiger partial charge in [-0.05, 0) is 31.5 Å². The van der Waals surface area contributed by atoms with Gasteiger partial charge < -0.3 is 10.2 Å². The van der Waals surface area contributed by atoms with Crippen LogP contribution < -0.4 is 11.3 Å².